The van der Waals surface area contributed by atoms with Crippen LogP contribution in [-0.2, 0) is 0 Å². The van der Waals surface area contributed by atoms with E-state index in [1.807, 2.05) is 25.1 Å². The molecule has 1 N–H and O–H groups in total. The van der Waals surface area contributed by atoms with Gasteiger partial charge in [-0.25, -0.2) is 0 Å². The summed E-state index contributed by atoms with van der Waals surface area (Å²) in [6.07, 6.45) is 0. The van der Waals surface area contributed by atoms with E-state index in [1.54, 1.807) is 49.5 Å². The highest BCUT2D eigenvalue weighted by molar-refractivity contribution is 6.11. The van der Waals surface area contributed by atoms with Crippen LogP contribution < -0.4 is 20.4 Å². The normalized spacial score (nSPS) is 12.6. The molecule has 0 saturated heterocycles. The first-order valence-electron chi connectivity index (χ1n) is 9.95. The molecule has 2 heterocycles. The van der Waals surface area contributed by atoms with Gasteiger partial charge in [0, 0.05) is 18.8 Å². The molecule has 32 heavy (non-hydrogen) atoms. The van der Waals surface area contributed by atoms with Gasteiger partial charge in [0.25, 0.3) is 11.8 Å². The molecule has 5 rings (SSSR count). The van der Waals surface area contributed by atoms with Gasteiger partial charge in [0.05, 0.1) is 16.6 Å². The van der Waals surface area contributed by atoms with Crippen molar-refractivity contribution in [2.24, 2.45) is 0 Å². The average molecular weight is 426 g/mol. The average Bonchev–Trinajstić information content (AvgIpc) is 2.89. The summed E-state index contributed by atoms with van der Waals surface area (Å²) in [6.45, 7) is 1.94. The summed E-state index contributed by atoms with van der Waals surface area (Å²) in [5.41, 5.74) is 2.36. The van der Waals surface area contributed by atoms with Crippen molar-refractivity contribution in [3.05, 3.63) is 93.8 Å². The molecule has 0 bridgehead atoms. The number of nitrogens with one attached hydrogen (secondary N) is 1. The van der Waals surface area contributed by atoms with E-state index in [0.717, 1.165) is 11.6 Å². The number of nitrogens with zero attached hydrogens (tertiary/aromatic N) is 1. The van der Waals surface area contributed by atoms with E-state index >= 15 is 0 Å². The minimum Gasteiger partial charge on any atom is -0.454 e. The van der Waals surface area contributed by atoms with Crippen molar-refractivity contribution in [2.75, 3.05) is 17.3 Å². The number of carbonyl (C=O) groups excluding carboxylic acids is 2. The topological polar surface area (TPSA) is 88.9 Å². The molecule has 0 atom stereocenters. The van der Waals surface area contributed by atoms with E-state index in [1.165, 1.54) is 4.90 Å². The molecule has 0 aliphatic carbocycles. The third-order valence-corrected chi connectivity index (χ3v) is 5.33. The lowest BCUT2D eigenvalue weighted by atomic mass is 10.1. The Morgan fingerprint density at radius 2 is 1.72 bits per heavy atom. The predicted molar refractivity (Wildman–Crippen MR) is 121 cm³/mol. The highest BCUT2D eigenvalue weighted by Crippen LogP contribution is 2.39. The molecule has 3 aromatic carbocycles. The number of aryl methyl sites for hydroxylation is 1. The van der Waals surface area contributed by atoms with Gasteiger partial charge in [0.2, 0.25) is 0 Å². The first-order valence-corrected chi connectivity index (χ1v) is 9.95. The highest BCUT2D eigenvalue weighted by Gasteiger charge is 2.26. The van der Waals surface area contributed by atoms with E-state index in [4.69, 9.17) is 9.15 Å². The van der Waals surface area contributed by atoms with E-state index in [2.05, 4.69) is 5.32 Å². The molecule has 4 aromatic rings. The van der Waals surface area contributed by atoms with Crippen LogP contribution in [0, 0.1) is 6.92 Å². The third kappa shape index (κ3) is 3.30. The Balaban J connectivity index is 1.47. The van der Waals surface area contributed by atoms with Crippen molar-refractivity contribution in [3.8, 4) is 11.5 Å². The Bertz CT molecular complexity index is 1470. The van der Waals surface area contributed by atoms with Gasteiger partial charge in [-0.3, -0.25) is 14.4 Å². The van der Waals surface area contributed by atoms with E-state index in [9.17, 15) is 14.4 Å². The quantitative estimate of drug-likeness (QED) is 0.500. The summed E-state index contributed by atoms with van der Waals surface area (Å²) in [5.74, 6) is -0.0226. The molecule has 0 spiro atoms. The van der Waals surface area contributed by atoms with Gasteiger partial charge in [0.15, 0.2) is 16.9 Å². The maximum Gasteiger partial charge on any atom is 0.291 e. The number of fused-ring (bicyclic) bond motifs is 3. The number of amides is 2. The van der Waals surface area contributed by atoms with Crippen LogP contribution in [0.2, 0.25) is 0 Å². The first kappa shape index (κ1) is 19.6. The molecule has 0 unspecified atom stereocenters. The van der Waals surface area contributed by atoms with Crippen molar-refractivity contribution in [3.63, 3.8) is 0 Å². The second-order valence-corrected chi connectivity index (χ2v) is 7.57. The molecule has 2 amide bonds. The Morgan fingerprint density at radius 3 is 2.56 bits per heavy atom. The fourth-order valence-electron chi connectivity index (χ4n) is 3.66. The second kappa shape index (κ2) is 7.39. The Morgan fingerprint density at radius 1 is 0.938 bits per heavy atom. The van der Waals surface area contributed by atoms with Gasteiger partial charge in [-0.1, -0.05) is 18.2 Å². The fourth-order valence-corrected chi connectivity index (χ4v) is 3.66. The number of para-hydroxylation sites is 1. The summed E-state index contributed by atoms with van der Waals surface area (Å²) in [6, 6.07) is 18.3. The van der Waals surface area contributed by atoms with Crippen molar-refractivity contribution < 1.29 is 18.7 Å². The Labute approximate surface area is 182 Å². The monoisotopic (exact) mass is 426 g/mol. The van der Waals surface area contributed by atoms with Gasteiger partial charge in [-0.2, -0.15) is 0 Å². The summed E-state index contributed by atoms with van der Waals surface area (Å²) in [5, 5.41) is 3.09. The smallest absolute Gasteiger partial charge is 0.291 e. The third-order valence-electron chi connectivity index (χ3n) is 5.33. The van der Waals surface area contributed by atoms with Crippen molar-refractivity contribution in [1.82, 2.24) is 0 Å². The van der Waals surface area contributed by atoms with Crippen LogP contribution >= 0.6 is 0 Å². The standard InChI is InChI=1S/C25H18N2O5/c1-14-7-9-22-18(11-14)27(2)25(30)17-12-15(8-10-21(17)31-22)26-24(29)23-13-19(28)16-5-3-4-6-20(16)32-23/h3-13H,1-2H3,(H,26,29). The van der Waals surface area contributed by atoms with E-state index in [0.29, 0.717) is 39.4 Å². The lowest BCUT2D eigenvalue weighted by molar-refractivity contribution is 0.0985. The zero-order chi connectivity index (χ0) is 22.4. The second-order valence-electron chi connectivity index (χ2n) is 7.57. The molecule has 1 aliphatic heterocycles. The summed E-state index contributed by atoms with van der Waals surface area (Å²) < 4.78 is 11.6. The van der Waals surface area contributed by atoms with Gasteiger partial charge < -0.3 is 19.4 Å². The fraction of sp³-hybridized carbons (Fsp3) is 0.0800. The minimum atomic E-state index is -0.595. The zero-order valence-corrected chi connectivity index (χ0v) is 17.3. The minimum absolute atomic E-state index is 0.119. The number of carbonyl (C=O) groups is 2. The molecule has 7 nitrogen and oxygen atoms in total. The van der Waals surface area contributed by atoms with E-state index < -0.39 is 5.91 Å². The molecule has 0 fully saturated rings. The number of hydrogen-bond donors (Lipinski definition) is 1. The van der Waals surface area contributed by atoms with E-state index in [-0.39, 0.29) is 17.1 Å². The number of rotatable bonds is 2. The summed E-state index contributed by atoms with van der Waals surface area (Å²) in [7, 11) is 1.67. The Kier molecular flexibility index (Phi) is 4.52. The zero-order valence-electron chi connectivity index (χ0n) is 17.3. The molecular weight excluding hydrogens is 408 g/mol. The number of anilines is 2. The molecule has 0 radical (unpaired) electrons. The summed E-state index contributed by atoms with van der Waals surface area (Å²) >= 11 is 0. The molecular formula is C25H18N2O5. The SMILES string of the molecule is Cc1ccc2c(c1)N(C)C(=O)c1cc(NC(=O)c3cc(=O)c4ccccc4o3)ccc1O2. The maximum atomic E-state index is 13.1. The highest BCUT2D eigenvalue weighted by atomic mass is 16.5. The largest absolute Gasteiger partial charge is 0.454 e. The van der Waals surface area contributed by atoms with Gasteiger partial charge in [-0.05, 0) is 55.0 Å². The van der Waals surface area contributed by atoms with Gasteiger partial charge in [-0.15, -0.1) is 0 Å². The number of ether oxygens (including phenoxy) is 1. The van der Waals surface area contributed by atoms with Crippen LogP contribution in [0.1, 0.15) is 26.5 Å². The molecule has 158 valence electrons. The van der Waals surface area contributed by atoms with Crippen molar-refractivity contribution >= 4 is 34.2 Å². The lowest BCUT2D eigenvalue weighted by Crippen LogP contribution is -2.25. The maximum absolute atomic E-state index is 13.1. The predicted octanol–water partition coefficient (Wildman–Crippen LogP) is 4.74. The van der Waals surface area contributed by atoms with Crippen LogP contribution in [0.3, 0.4) is 0 Å². The van der Waals surface area contributed by atoms with Crippen LogP contribution in [0.25, 0.3) is 11.0 Å². The van der Waals surface area contributed by atoms with Crippen molar-refractivity contribution in [2.45, 2.75) is 6.92 Å². The van der Waals surface area contributed by atoms with Crippen LogP contribution in [0.5, 0.6) is 11.5 Å². The Hall–Kier alpha value is -4.39. The molecule has 7 heteroatoms. The van der Waals surface area contributed by atoms with Gasteiger partial charge >= 0.3 is 0 Å². The first-order chi connectivity index (χ1) is 15.4. The lowest BCUT2D eigenvalue weighted by Gasteiger charge is -2.16. The summed E-state index contributed by atoms with van der Waals surface area (Å²) in [4.78, 5) is 39.6. The number of hydrogen-bond acceptors (Lipinski definition) is 5. The van der Waals surface area contributed by atoms with Crippen molar-refractivity contribution in [1.29, 1.82) is 0 Å². The van der Waals surface area contributed by atoms with Gasteiger partial charge in [0.1, 0.15) is 11.3 Å². The number of benzene rings is 3. The molecule has 0 saturated carbocycles. The van der Waals surface area contributed by atoms with Crippen LogP contribution in [0.15, 0.2) is 75.9 Å². The van der Waals surface area contributed by atoms with Crippen LogP contribution in [0.4, 0.5) is 11.4 Å². The van der Waals surface area contributed by atoms with Crippen LogP contribution in [-0.4, -0.2) is 18.9 Å². The molecule has 1 aliphatic rings. The molecule has 1 aromatic heterocycles.